The number of rotatable bonds is 2. The zero-order chi connectivity index (χ0) is 8.83. The second-order valence-corrected chi connectivity index (χ2v) is 2.00. The molecule has 0 aliphatic rings. The van der Waals surface area contributed by atoms with E-state index in [-0.39, 0.29) is 1.43 Å². The Balaban J connectivity index is -0.0000000339. The maximum atomic E-state index is 2.18. The van der Waals surface area contributed by atoms with Gasteiger partial charge in [0, 0.05) is 1.43 Å². The summed E-state index contributed by atoms with van der Waals surface area (Å²) in [7, 11) is 0. The van der Waals surface area contributed by atoms with E-state index >= 15 is 0 Å². The van der Waals surface area contributed by atoms with Gasteiger partial charge in [0.2, 0.25) is 0 Å². The molecule has 10 heavy (non-hydrogen) atoms. The molecule has 0 nitrogen and oxygen atoms in total. The van der Waals surface area contributed by atoms with Crippen LogP contribution in [0.3, 0.4) is 0 Å². The van der Waals surface area contributed by atoms with Crippen molar-refractivity contribution >= 4 is 0 Å². The molecule has 0 aromatic heterocycles. The van der Waals surface area contributed by atoms with Crippen LogP contribution in [0.15, 0.2) is 0 Å². The highest BCUT2D eigenvalue weighted by molar-refractivity contribution is 4.13. The largest absolute Gasteiger partial charge is 0.0683 e. The second-order valence-electron chi connectivity index (χ2n) is 2.00. The predicted octanol–water partition coefficient (Wildman–Crippen LogP) is 4.89. The third-order valence-electron chi connectivity index (χ3n) is 1.000. The van der Waals surface area contributed by atoms with Crippen molar-refractivity contribution in [1.29, 1.82) is 0 Å². The average Bonchev–Trinajstić information content (AvgIpc) is 2.08. The summed E-state index contributed by atoms with van der Waals surface area (Å²) < 4.78 is 0. The molecule has 0 saturated carbocycles. The first kappa shape index (κ1) is 16.5. The Morgan fingerprint density at radius 2 is 0.700 bits per heavy atom. The van der Waals surface area contributed by atoms with Crippen LogP contribution in [0, 0.1) is 0 Å². The lowest BCUT2D eigenvalue weighted by atomic mass is 10.4. The van der Waals surface area contributed by atoms with Crippen molar-refractivity contribution in [2.75, 3.05) is 0 Å². The average molecular weight is 148 g/mol. The summed E-state index contributed by atoms with van der Waals surface area (Å²) in [5.74, 6) is 0. The second kappa shape index (κ2) is 36.0. The van der Waals surface area contributed by atoms with Gasteiger partial charge in [-0.05, 0) is 0 Å². The summed E-state index contributed by atoms with van der Waals surface area (Å²) in [5.41, 5.74) is 0. The van der Waals surface area contributed by atoms with Crippen LogP contribution in [0.25, 0.3) is 0 Å². The Morgan fingerprint density at radius 1 is 0.600 bits per heavy atom. The van der Waals surface area contributed by atoms with Gasteiger partial charge >= 0.3 is 0 Å². The summed E-state index contributed by atoms with van der Waals surface area (Å²) >= 11 is 0. The van der Waals surface area contributed by atoms with E-state index in [1.54, 1.807) is 0 Å². The fraction of sp³-hybridized carbons (Fsp3) is 1.00. The van der Waals surface area contributed by atoms with Crippen molar-refractivity contribution in [1.82, 2.24) is 0 Å². The standard InChI is InChI=1S/2C4H10.C2H6.H2/c2*1-3-4-2;1-2;/h2*3-4H2,1-2H3;1-2H3;1H. The van der Waals surface area contributed by atoms with E-state index in [0.717, 1.165) is 0 Å². The molecule has 0 heteroatoms. The van der Waals surface area contributed by atoms with Gasteiger partial charge in [-0.3, -0.25) is 0 Å². The van der Waals surface area contributed by atoms with Crippen LogP contribution in [-0.2, 0) is 0 Å². The maximum absolute atomic E-state index is 2.18. The Kier molecular flexibility index (Phi) is 59.5. The molecule has 0 rings (SSSR count). The van der Waals surface area contributed by atoms with E-state index in [9.17, 15) is 0 Å². The lowest BCUT2D eigenvalue weighted by molar-refractivity contribution is 0.886. The first-order valence-corrected chi connectivity index (χ1v) is 4.83. The van der Waals surface area contributed by atoms with Crippen LogP contribution in [-0.4, -0.2) is 0 Å². The molecule has 0 spiro atoms. The molecular formula is C10H28. The fourth-order valence-electron chi connectivity index (χ4n) is 0. The zero-order valence-corrected chi connectivity index (χ0v) is 8.83. The summed E-state index contributed by atoms with van der Waals surface area (Å²) in [6, 6.07) is 0. The van der Waals surface area contributed by atoms with Gasteiger partial charge in [0.1, 0.15) is 0 Å². The highest BCUT2D eigenvalue weighted by Gasteiger charge is 1.56. The molecule has 0 aliphatic carbocycles. The molecule has 0 N–H and O–H groups in total. The van der Waals surface area contributed by atoms with E-state index in [2.05, 4.69) is 27.7 Å². The Labute approximate surface area is 69.5 Å². The molecule has 0 saturated heterocycles. The third-order valence-corrected chi connectivity index (χ3v) is 1.000. The minimum atomic E-state index is 0. The van der Waals surface area contributed by atoms with Crippen molar-refractivity contribution < 1.29 is 1.43 Å². The quantitative estimate of drug-likeness (QED) is 0.523. The van der Waals surface area contributed by atoms with Crippen LogP contribution in [0.2, 0.25) is 0 Å². The van der Waals surface area contributed by atoms with E-state index in [1.165, 1.54) is 25.7 Å². The molecule has 68 valence electrons. The molecule has 0 fully saturated rings. The lowest BCUT2D eigenvalue weighted by Crippen LogP contribution is -1.47. The van der Waals surface area contributed by atoms with E-state index in [4.69, 9.17) is 0 Å². The van der Waals surface area contributed by atoms with E-state index in [1.807, 2.05) is 13.8 Å². The van der Waals surface area contributed by atoms with E-state index in [0.29, 0.717) is 0 Å². The fourth-order valence-corrected chi connectivity index (χ4v) is 0. The SMILES string of the molecule is CC.CCCC.CCCC.[HH]. The molecule has 0 aromatic rings. The minimum Gasteiger partial charge on any atom is -0.0683 e. The van der Waals surface area contributed by atoms with Crippen LogP contribution in [0.4, 0.5) is 0 Å². The van der Waals surface area contributed by atoms with Gasteiger partial charge in [0.15, 0.2) is 0 Å². The topological polar surface area (TPSA) is 0 Å². The van der Waals surface area contributed by atoms with Crippen LogP contribution in [0.1, 0.15) is 68.7 Å². The molecule has 0 unspecified atom stereocenters. The molecule has 0 radical (unpaired) electrons. The van der Waals surface area contributed by atoms with Gasteiger partial charge in [-0.1, -0.05) is 67.2 Å². The van der Waals surface area contributed by atoms with Crippen molar-refractivity contribution in [2.45, 2.75) is 67.2 Å². The van der Waals surface area contributed by atoms with Gasteiger partial charge < -0.3 is 0 Å². The maximum Gasteiger partial charge on any atom is 0 e. The highest BCUT2D eigenvalue weighted by Crippen LogP contribution is 1.77. The molecule has 0 bridgehead atoms. The molecule has 0 heterocycles. The first-order valence-electron chi connectivity index (χ1n) is 4.83. The summed E-state index contributed by atoms with van der Waals surface area (Å²) in [6.07, 6.45) is 5.28. The summed E-state index contributed by atoms with van der Waals surface area (Å²) in [5, 5.41) is 0. The molecule has 0 aromatic carbocycles. The molecule has 0 amide bonds. The van der Waals surface area contributed by atoms with Crippen molar-refractivity contribution in [3.63, 3.8) is 0 Å². The Morgan fingerprint density at radius 3 is 0.700 bits per heavy atom. The zero-order valence-electron chi connectivity index (χ0n) is 8.83. The van der Waals surface area contributed by atoms with Gasteiger partial charge in [0.25, 0.3) is 0 Å². The van der Waals surface area contributed by atoms with Crippen LogP contribution < -0.4 is 0 Å². The number of hydrogen-bond donors (Lipinski definition) is 0. The summed E-state index contributed by atoms with van der Waals surface area (Å²) in [4.78, 5) is 0. The third kappa shape index (κ3) is 98.0. The number of unbranched alkanes of at least 4 members (excludes halogenated alkanes) is 2. The predicted molar refractivity (Wildman–Crippen MR) is 54.6 cm³/mol. The van der Waals surface area contributed by atoms with Crippen LogP contribution in [0.5, 0.6) is 0 Å². The monoisotopic (exact) mass is 148 g/mol. The van der Waals surface area contributed by atoms with Gasteiger partial charge in [-0.25, -0.2) is 0 Å². The van der Waals surface area contributed by atoms with Gasteiger partial charge in [0.05, 0.1) is 0 Å². The number of hydrogen-bond acceptors (Lipinski definition) is 0. The van der Waals surface area contributed by atoms with Crippen molar-refractivity contribution in [2.24, 2.45) is 0 Å². The molecular weight excluding hydrogens is 120 g/mol. The van der Waals surface area contributed by atoms with Crippen molar-refractivity contribution in [3.8, 4) is 0 Å². The molecule has 0 atom stereocenters. The Bertz CT molecular complexity index is 12.8. The van der Waals surface area contributed by atoms with Crippen LogP contribution >= 0.6 is 0 Å². The highest BCUT2D eigenvalue weighted by atomic mass is 13.6. The normalized spacial score (nSPS) is 6.60. The smallest absolute Gasteiger partial charge is 0 e. The van der Waals surface area contributed by atoms with Crippen molar-refractivity contribution in [3.05, 3.63) is 0 Å². The summed E-state index contributed by atoms with van der Waals surface area (Å²) in [6.45, 7) is 12.7. The van der Waals surface area contributed by atoms with Gasteiger partial charge in [-0.2, -0.15) is 0 Å². The lowest BCUT2D eigenvalue weighted by Gasteiger charge is -1.68. The Hall–Kier alpha value is 0. The first-order chi connectivity index (χ1) is 4.83. The van der Waals surface area contributed by atoms with Gasteiger partial charge in [-0.15, -0.1) is 0 Å². The molecule has 0 aliphatic heterocycles. The van der Waals surface area contributed by atoms with E-state index < -0.39 is 0 Å². The minimum absolute atomic E-state index is 0.